The van der Waals surface area contributed by atoms with Gasteiger partial charge in [0.2, 0.25) is 0 Å². The number of fused-ring (bicyclic) bond motifs is 1. The van der Waals surface area contributed by atoms with Gasteiger partial charge in [-0.15, -0.1) is 0 Å². The standard InChI is InChI=1S/C19H18ClNO2/c1-2-12-4-3-5-15-17(11-21-19(12)15)16(10-18(22)23)13-6-8-14(20)9-7-13/h3-9,11,16,21H,2,10H2,1H3,(H,22,23)/p-1/t16-/m1/s1. The number of benzene rings is 2. The van der Waals surface area contributed by atoms with Crippen LogP contribution in [0.4, 0.5) is 0 Å². The number of carboxylic acids is 1. The Labute approximate surface area is 139 Å². The molecule has 0 aliphatic heterocycles. The molecule has 3 aromatic rings. The number of carboxylic acid groups (broad SMARTS) is 1. The quantitative estimate of drug-likeness (QED) is 0.778. The first-order valence-electron chi connectivity index (χ1n) is 7.64. The van der Waals surface area contributed by atoms with Crippen molar-refractivity contribution in [3.8, 4) is 0 Å². The van der Waals surface area contributed by atoms with Crippen LogP contribution in [0.15, 0.2) is 48.7 Å². The number of aryl methyl sites for hydroxylation is 1. The molecule has 4 heteroatoms. The van der Waals surface area contributed by atoms with Crippen molar-refractivity contribution < 1.29 is 9.90 Å². The van der Waals surface area contributed by atoms with Gasteiger partial charge in [-0.05, 0) is 41.7 Å². The first kappa shape index (κ1) is 15.6. The molecule has 1 atom stereocenters. The molecular formula is C19H17ClNO2-. The van der Waals surface area contributed by atoms with Gasteiger partial charge >= 0.3 is 0 Å². The Balaban J connectivity index is 2.13. The van der Waals surface area contributed by atoms with Gasteiger partial charge in [-0.1, -0.05) is 48.9 Å². The number of halogens is 1. The highest BCUT2D eigenvalue weighted by atomic mass is 35.5. The van der Waals surface area contributed by atoms with Crippen LogP contribution < -0.4 is 5.11 Å². The Morgan fingerprint density at radius 1 is 1.22 bits per heavy atom. The van der Waals surface area contributed by atoms with E-state index in [1.807, 2.05) is 30.5 Å². The smallest absolute Gasteiger partial charge is 0.0489 e. The summed E-state index contributed by atoms with van der Waals surface area (Å²) in [5, 5.41) is 13.0. The third-order valence-corrected chi connectivity index (χ3v) is 4.49. The molecule has 0 fully saturated rings. The summed E-state index contributed by atoms with van der Waals surface area (Å²) < 4.78 is 0. The summed E-state index contributed by atoms with van der Waals surface area (Å²) in [6.07, 6.45) is 2.76. The molecule has 0 bridgehead atoms. The van der Waals surface area contributed by atoms with Gasteiger partial charge in [-0.3, -0.25) is 0 Å². The van der Waals surface area contributed by atoms with Crippen molar-refractivity contribution in [3.63, 3.8) is 0 Å². The van der Waals surface area contributed by atoms with E-state index in [1.54, 1.807) is 12.1 Å². The second-order valence-electron chi connectivity index (χ2n) is 5.62. The van der Waals surface area contributed by atoms with Crippen LogP contribution in [0.5, 0.6) is 0 Å². The Hall–Kier alpha value is -2.26. The number of aromatic nitrogens is 1. The maximum Gasteiger partial charge on any atom is 0.0489 e. The molecule has 0 aliphatic rings. The fourth-order valence-corrected chi connectivity index (χ4v) is 3.22. The van der Waals surface area contributed by atoms with E-state index in [-0.39, 0.29) is 12.3 Å². The van der Waals surface area contributed by atoms with Gasteiger partial charge in [-0.2, -0.15) is 0 Å². The lowest BCUT2D eigenvalue weighted by molar-refractivity contribution is -0.305. The molecule has 0 aliphatic carbocycles. The zero-order valence-corrected chi connectivity index (χ0v) is 13.6. The van der Waals surface area contributed by atoms with E-state index < -0.39 is 5.97 Å². The van der Waals surface area contributed by atoms with E-state index >= 15 is 0 Å². The van der Waals surface area contributed by atoms with Crippen LogP contribution in [0.2, 0.25) is 5.02 Å². The van der Waals surface area contributed by atoms with Crippen LogP contribution in [0.25, 0.3) is 10.9 Å². The maximum absolute atomic E-state index is 11.3. The van der Waals surface area contributed by atoms with Gasteiger partial charge in [0.1, 0.15) is 0 Å². The van der Waals surface area contributed by atoms with Gasteiger partial charge in [0, 0.05) is 34.0 Å². The van der Waals surface area contributed by atoms with E-state index in [4.69, 9.17) is 11.6 Å². The topological polar surface area (TPSA) is 55.9 Å². The van der Waals surface area contributed by atoms with Gasteiger partial charge in [0.15, 0.2) is 0 Å². The SMILES string of the molecule is CCc1cccc2c([C@H](CC(=O)[O-])c3ccc(Cl)cc3)c[nH]c12. The average Bonchev–Trinajstić information content (AvgIpc) is 2.97. The molecule has 118 valence electrons. The van der Waals surface area contributed by atoms with Gasteiger partial charge in [0.25, 0.3) is 0 Å². The van der Waals surface area contributed by atoms with Crippen LogP contribution in [-0.2, 0) is 11.2 Å². The van der Waals surface area contributed by atoms with Crippen molar-refractivity contribution in [3.05, 3.63) is 70.4 Å². The molecule has 23 heavy (non-hydrogen) atoms. The third kappa shape index (κ3) is 3.10. The number of aliphatic carboxylic acids is 1. The molecule has 3 nitrogen and oxygen atoms in total. The van der Waals surface area contributed by atoms with E-state index in [9.17, 15) is 9.90 Å². The number of carbonyl (C=O) groups excluding carboxylic acids is 1. The van der Waals surface area contributed by atoms with Crippen molar-refractivity contribution >= 4 is 28.5 Å². The van der Waals surface area contributed by atoms with Crippen LogP contribution in [0.1, 0.15) is 36.0 Å². The number of rotatable bonds is 5. The zero-order chi connectivity index (χ0) is 16.4. The molecule has 0 unspecified atom stereocenters. The summed E-state index contributed by atoms with van der Waals surface area (Å²) in [5.74, 6) is -1.33. The average molecular weight is 327 g/mol. The molecule has 0 radical (unpaired) electrons. The van der Waals surface area contributed by atoms with E-state index in [2.05, 4.69) is 18.0 Å². The Bertz CT molecular complexity index is 836. The van der Waals surface area contributed by atoms with Crippen molar-refractivity contribution in [2.45, 2.75) is 25.7 Å². The first-order valence-corrected chi connectivity index (χ1v) is 8.02. The predicted molar refractivity (Wildman–Crippen MR) is 90.6 cm³/mol. The molecule has 0 spiro atoms. The summed E-state index contributed by atoms with van der Waals surface area (Å²) in [4.78, 5) is 14.6. The molecule has 0 amide bonds. The van der Waals surface area contributed by atoms with Crippen molar-refractivity contribution in [2.24, 2.45) is 0 Å². The highest BCUT2D eigenvalue weighted by Gasteiger charge is 2.19. The minimum atomic E-state index is -1.06. The number of hydrogen-bond donors (Lipinski definition) is 1. The molecule has 0 saturated heterocycles. The van der Waals surface area contributed by atoms with Crippen molar-refractivity contribution in [2.75, 3.05) is 0 Å². The highest BCUT2D eigenvalue weighted by Crippen LogP contribution is 2.34. The summed E-state index contributed by atoms with van der Waals surface area (Å²) in [7, 11) is 0. The number of nitrogens with one attached hydrogen (secondary N) is 1. The largest absolute Gasteiger partial charge is 0.550 e. The summed E-state index contributed by atoms with van der Waals surface area (Å²) in [5.41, 5.74) is 4.18. The summed E-state index contributed by atoms with van der Waals surface area (Å²) in [6.45, 7) is 2.10. The number of carbonyl (C=O) groups is 1. The lowest BCUT2D eigenvalue weighted by atomic mass is 9.88. The van der Waals surface area contributed by atoms with Crippen LogP contribution in [0, 0.1) is 0 Å². The maximum atomic E-state index is 11.3. The summed E-state index contributed by atoms with van der Waals surface area (Å²) in [6, 6.07) is 13.4. The molecule has 0 saturated carbocycles. The van der Waals surface area contributed by atoms with Gasteiger partial charge in [-0.25, -0.2) is 0 Å². The Kier molecular flexibility index (Phi) is 4.39. The lowest BCUT2D eigenvalue weighted by Crippen LogP contribution is -2.24. The Morgan fingerprint density at radius 3 is 2.61 bits per heavy atom. The van der Waals surface area contributed by atoms with Crippen molar-refractivity contribution in [1.29, 1.82) is 0 Å². The highest BCUT2D eigenvalue weighted by molar-refractivity contribution is 6.30. The fourth-order valence-electron chi connectivity index (χ4n) is 3.09. The molecular weight excluding hydrogens is 310 g/mol. The second kappa shape index (κ2) is 6.47. The zero-order valence-electron chi connectivity index (χ0n) is 12.8. The number of para-hydroxylation sites is 1. The third-order valence-electron chi connectivity index (χ3n) is 4.23. The second-order valence-corrected chi connectivity index (χ2v) is 6.05. The van der Waals surface area contributed by atoms with Crippen LogP contribution in [0.3, 0.4) is 0 Å². The molecule has 1 heterocycles. The number of H-pyrrole nitrogens is 1. The Morgan fingerprint density at radius 2 is 1.96 bits per heavy atom. The van der Waals surface area contributed by atoms with E-state index in [0.29, 0.717) is 5.02 Å². The molecule has 1 N–H and O–H groups in total. The molecule has 1 aromatic heterocycles. The summed E-state index contributed by atoms with van der Waals surface area (Å²) >= 11 is 5.95. The van der Waals surface area contributed by atoms with Gasteiger partial charge < -0.3 is 14.9 Å². The minimum Gasteiger partial charge on any atom is -0.550 e. The number of aromatic amines is 1. The fraction of sp³-hybridized carbons (Fsp3) is 0.211. The minimum absolute atomic E-state index is 0.0645. The molecule has 3 rings (SSSR count). The first-order chi connectivity index (χ1) is 11.1. The molecule has 2 aromatic carbocycles. The monoisotopic (exact) mass is 326 g/mol. The van der Waals surface area contributed by atoms with Crippen LogP contribution >= 0.6 is 11.6 Å². The van der Waals surface area contributed by atoms with E-state index in [0.717, 1.165) is 28.5 Å². The number of hydrogen-bond acceptors (Lipinski definition) is 2. The van der Waals surface area contributed by atoms with Crippen LogP contribution in [-0.4, -0.2) is 11.0 Å². The predicted octanol–water partition coefficient (Wildman–Crippen LogP) is 3.66. The van der Waals surface area contributed by atoms with E-state index in [1.165, 1.54) is 5.56 Å². The normalized spacial score (nSPS) is 12.4. The van der Waals surface area contributed by atoms with Gasteiger partial charge in [0.05, 0.1) is 0 Å². The lowest BCUT2D eigenvalue weighted by Gasteiger charge is -2.18. The van der Waals surface area contributed by atoms with Crippen molar-refractivity contribution in [1.82, 2.24) is 4.98 Å².